The molecule has 2 aromatic heterocycles. The van der Waals surface area contributed by atoms with Crippen LogP contribution in [0.4, 0.5) is 0 Å². The van der Waals surface area contributed by atoms with Gasteiger partial charge in [0, 0.05) is 37.5 Å². The molecular weight excluding hydrogens is 413 g/mol. The molecule has 0 aliphatic carbocycles. The van der Waals surface area contributed by atoms with Crippen molar-refractivity contribution in [3.05, 3.63) is 33.1 Å². The fourth-order valence-electron chi connectivity index (χ4n) is 1.98. The molecule has 0 aromatic carbocycles. The predicted molar refractivity (Wildman–Crippen MR) is 100 cm³/mol. The average Bonchev–Trinajstić information content (AvgIpc) is 3.01. The van der Waals surface area contributed by atoms with Crippen LogP contribution >= 0.6 is 35.3 Å². The van der Waals surface area contributed by atoms with Gasteiger partial charge in [-0.15, -0.1) is 35.3 Å². The zero-order chi connectivity index (χ0) is 15.2. The van der Waals surface area contributed by atoms with E-state index in [2.05, 4.69) is 31.1 Å². The van der Waals surface area contributed by atoms with E-state index in [1.807, 2.05) is 20.8 Å². The number of aromatic nitrogens is 2. The van der Waals surface area contributed by atoms with Crippen molar-refractivity contribution in [1.82, 2.24) is 20.8 Å². The largest absolute Gasteiger partial charge is 0.361 e. The SMILES string of the molecule is CN=C(NCCc1csc(C)n1)NCc1c(C)noc1C.I. The van der Waals surface area contributed by atoms with Gasteiger partial charge in [0.05, 0.1) is 16.4 Å². The molecular formula is C14H22IN5OS. The van der Waals surface area contributed by atoms with Crippen LogP contribution in [0.2, 0.25) is 0 Å². The van der Waals surface area contributed by atoms with Gasteiger partial charge < -0.3 is 15.2 Å². The summed E-state index contributed by atoms with van der Waals surface area (Å²) in [5, 5.41) is 13.7. The molecule has 22 heavy (non-hydrogen) atoms. The number of nitrogens with zero attached hydrogens (tertiary/aromatic N) is 3. The van der Waals surface area contributed by atoms with Gasteiger partial charge >= 0.3 is 0 Å². The summed E-state index contributed by atoms with van der Waals surface area (Å²) < 4.78 is 5.15. The molecule has 2 N–H and O–H groups in total. The van der Waals surface area contributed by atoms with Gasteiger partial charge in [0.25, 0.3) is 0 Å². The molecule has 0 saturated heterocycles. The number of hydrogen-bond acceptors (Lipinski definition) is 5. The van der Waals surface area contributed by atoms with E-state index < -0.39 is 0 Å². The molecule has 0 fully saturated rings. The Bertz CT molecular complexity index is 603. The summed E-state index contributed by atoms with van der Waals surface area (Å²) in [7, 11) is 1.76. The molecule has 0 atom stereocenters. The first-order valence-electron chi connectivity index (χ1n) is 6.87. The predicted octanol–water partition coefficient (Wildman–Crippen LogP) is 2.58. The first-order valence-corrected chi connectivity index (χ1v) is 7.75. The third kappa shape index (κ3) is 5.24. The van der Waals surface area contributed by atoms with E-state index >= 15 is 0 Å². The molecule has 2 aromatic rings. The summed E-state index contributed by atoms with van der Waals surface area (Å²) in [6.45, 7) is 7.32. The molecule has 0 unspecified atom stereocenters. The Hall–Kier alpha value is -1.16. The Kier molecular flexibility index (Phi) is 7.80. The molecule has 6 nitrogen and oxygen atoms in total. The van der Waals surface area contributed by atoms with Crippen LogP contribution in [0.1, 0.15) is 27.7 Å². The van der Waals surface area contributed by atoms with Gasteiger partial charge in [-0.2, -0.15) is 0 Å². The lowest BCUT2D eigenvalue weighted by molar-refractivity contribution is 0.392. The van der Waals surface area contributed by atoms with Crippen molar-refractivity contribution in [1.29, 1.82) is 0 Å². The van der Waals surface area contributed by atoms with Crippen molar-refractivity contribution >= 4 is 41.3 Å². The second kappa shape index (κ2) is 9.09. The molecule has 122 valence electrons. The lowest BCUT2D eigenvalue weighted by atomic mass is 10.2. The van der Waals surface area contributed by atoms with E-state index in [1.165, 1.54) is 0 Å². The Morgan fingerprint density at radius 3 is 2.64 bits per heavy atom. The van der Waals surface area contributed by atoms with Crippen molar-refractivity contribution < 1.29 is 4.52 Å². The molecule has 0 saturated carbocycles. The fourth-order valence-corrected chi connectivity index (χ4v) is 2.63. The minimum absolute atomic E-state index is 0. The molecule has 0 bridgehead atoms. The standard InChI is InChI=1S/C14H21N5OS.HI/c1-9-13(10(2)20-19-9)7-17-14(15-4)16-6-5-12-8-21-11(3)18-12;/h8H,5-7H2,1-4H3,(H2,15,16,17);1H. The van der Waals surface area contributed by atoms with Crippen LogP contribution < -0.4 is 10.6 Å². The van der Waals surface area contributed by atoms with Crippen molar-refractivity contribution in [3.8, 4) is 0 Å². The van der Waals surface area contributed by atoms with E-state index in [1.54, 1.807) is 18.4 Å². The molecule has 0 aliphatic heterocycles. The van der Waals surface area contributed by atoms with Crippen LogP contribution in [0.25, 0.3) is 0 Å². The van der Waals surface area contributed by atoms with Crippen molar-refractivity contribution in [3.63, 3.8) is 0 Å². The molecule has 0 aliphatic rings. The number of hydrogen-bond donors (Lipinski definition) is 2. The maximum absolute atomic E-state index is 5.15. The molecule has 0 radical (unpaired) electrons. The normalized spacial score (nSPS) is 11.2. The lowest BCUT2D eigenvalue weighted by Gasteiger charge is -2.11. The van der Waals surface area contributed by atoms with Gasteiger partial charge in [-0.1, -0.05) is 5.16 Å². The van der Waals surface area contributed by atoms with Crippen LogP contribution in [-0.2, 0) is 13.0 Å². The first kappa shape index (κ1) is 18.9. The second-order valence-electron chi connectivity index (χ2n) is 4.76. The smallest absolute Gasteiger partial charge is 0.191 e. The van der Waals surface area contributed by atoms with E-state index in [0.717, 1.165) is 46.6 Å². The van der Waals surface area contributed by atoms with Crippen LogP contribution in [0.15, 0.2) is 14.9 Å². The van der Waals surface area contributed by atoms with Crippen LogP contribution in [0.5, 0.6) is 0 Å². The van der Waals surface area contributed by atoms with E-state index in [9.17, 15) is 0 Å². The third-order valence-corrected chi connectivity index (χ3v) is 4.00. The fraction of sp³-hybridized carbons (Fsp3) is 0.500. The molecule has 8 heteroatoms. The Morgan fingerprint density at radius 2 is 2.09 bits per heavy atom. The van der Waals surface area contributed by atoms with Gasteiger partial charge in [-0.3, -0.25) is 4.99 Å². The van der Waals surface area contributed by atoms with Crippen LogP contribution in [0, 0.1) is 20.8 Å². The summed E-state index contributed by atoms with van der Waals surface area (Å²) in [4.78, 5) is 8.65. The quantitative estimate of drug-likeness (QED) is 0.429. The number of nitrogens with one attached hydrogen (secondary N) is 2. The summed E-state index contributed by atoms with van der Waals surface area (Å²) in [5.41, 5.74) is 3.10. The third-order valence-electron chi connectivity index (χ3n) is 3.18. The average molecular weight is 435 g/mol. The minimum atomic E-state index is 0. The summed E-state index contributed by atoms with van der Waals surface area (Å²) in [6.07, 6.45) is 0.885. The molecule has 2 rings (SSSR count). The monoisotopic (exact) mass is 435 g/mol. The number of thiazole rings is 1. The lowest BCUT2D eigenvalue weighted by Crippen LogP contribution is -2.38. The van der Waals surface area contributed by atoms with Gasteiger partial charge in [-0.05, 0) is 20.8 Å². The Labute approximate surface area is 151 Å². The Morgan fingerprint density at radius 1 is 1.32 bits per heavy atom. The zero-order valence-corrected chi connectivity index (χ0v) is 16.4. The van der Waals surface area contributed by atoms with E-state index in [4.69, 9.17) is 4.52 Å². The highest BCUT2D eigenvalue weighted by molar-refractivity contribution is 14.0. The molecule has 0 amide bonds. The maximum atomic E-state index is 5.15. The van der Waals surface area contributed by atoms with Crippen molar-refractivity contribution in [2.24, 2.45) is 4.99 Å². The highest BCUT2D eigenvalue weighted by Crippen LogP contribution is 2.11. The Balaban J connectivity index is 0.00000242. The summed E-state index contributed by atoms with van der Waals surface area (Å²) in [5.74, 6) is 1.61. The van der Waals surface area contributed by atoms with E-state index in [-0.39, 0.29) is 24.0 Å². The zero-order valence-electron chi connectivity index (χ0n) is 13.3. The van der Waals surface area contributed by atoms with Gasteiger partial charge in [0.15, 0.2) is 5.96 Å². The van der Waals surface area contributed by atoms with E-state index in [0.29, 0.717) is 6.54 Å². The number of aryl methyl sites for hydroxylation is 3. The highest BCUT2D eigenvalue weighted by Gasteiger charge is 2.09. The summed E-state index contributed by atoms with van der Waals surface area (Å²) in [6, 6.07) is 0. The summed E-state index contributed by atoms with van der Waals surface area (Å²) >= 11 is 1.68. The van der Waals surface area contributed by atoms with Crippen LogP contribution in [0.3, 0.4) is 0 Å². The second-order valence-corrected chi connectivity index (χ2v) is 5.83. The maximum Gasteiger partial charge on any atom is 0.191 e. The van der Waals surface area contributed by atoms with Crippen LogP contribution in [-0.4, -0.2) is 29.7 Å². The van der Waals surface area contributed by atoms with Crippen molar-refractivity contribution in [2.45, 2.75) is 33.7 Å². The number of halogens is 1. The van der Waals surface area contributed by atoms with Gasteiger partial charge in [0.2, 0.25) is 0 Å². The van der Waals surface area contributed by atoms with Gasteiger partial charge in [-0.25, -0.2) is 4.98 Å². The van der Waals surface area contributed by atoms with Crippen molar-refractivity contribution in [2.75, 3.05) is 13.6 Å². The number of rotatable bonds is 5. The molecule has 0 spiro atoms. The minimum Gasteiger partial charge on any atom is -0.361 e. The molecule has 2 heterocycles. The highest BCUT2D eigenvalue weighted by atomic mass is 127. The first-order chi connectivity index (χ1) is 10.1. The van der Waals surface area contributed by atoms with Gasteiger partial charge in [0.1, 0.15) is 5.76 Å². The topological polar surface area (TPSA) is 75.3 Å². The number of aliphatic imine (C=N–C) groups is 1. The number of guanidine groups is 1.